The van der Waals surface area contributed by atoms with Crippen LogP contribution in [0.2, 0.25) is 5.02 Å². The van der Waals surface area contributed by atoms with E-state index in [1.807, 2.05) is 31.3 Å². The second kappa shape index (κ2) is 5.22. The molecule has 0 atom stereocenters. The van der Waals surface area contributed by atoms with Gasteiger partial charge < -0.3 is 5.32 Å². The van der Waals surface area contributed by atoms with Crippen molar-refractivity contribution in [1.29, 1.82) is 0 Å². The smallest absolute Gasteiger partial charge is 0.0603 e. The van der Waals surface area contributed by atoms with E-state index >= 15 is 0 Å². The molecule has 0 amide bonds. The predicted octanol–water partition coefficient (Wildman–Crippen LogP) is 4.40. The lowest BCUT2D eigenvalue weighted by atomic mass is 9.76. The molecule has 0 radical (unpaired) electrons. The first-order valence-electron chi connectivity index (χ1n) is 6.66. The number of hydrogen-bond acceptors (Lipinski definition) is 2. The standard InChI is InChI=1S/C16H17ClN2/c1-11-16(6-3-7-18-11)19-15-9-13(10-15)12-4-2-5-14(17)8-12/h2-8,13,15,19H,9-10H2,1H3. The molecule has 1 heterocycles. The number of pyridine rings is 1. The molecule has 1 saturated carbocycles. The van der Waals surface area contributed by atoms with Crippen molar-refractivity contribution in [2.24, 2.45) is 0 Å². The van der Waals surface area contributed by atoms with Crippen molar-refractivity contribution in [3.8, 4) is 0 Å². The summed E-state index contributed by atoms with van der Waals surface area (Å²) < 4.78 is 0. The first-order valence-corrected chi connectivity index (χ1v) is 7.04. The van der Waals surface area contributed by atoms with Crippen molar-refractivity contribution < 1.29 is 0 Å². The number of hydrogen-bond donors (Lipinski definition) is 1. The van der Waals surface area contributed by atoms with E-state index in [4.69, 9.17) is 11.6 Å². The molecule has 0 bridgehead atoms. The molecule has 98 valence electrons. The minimum Gasteiger partial charge on any atom is -0.381 e. The maximum Gasteiger partial charge on any atom is 0.0603 e. The summed E-state index contributed by atoms with van der Waals surface area (Å²) in [7, 11) is 0. The number of aryl methyl sites for hydroxylation is 1. The van der Waals surface area contributed by atoms with Crippen LogP contribution in [0.3, 0.4) is 0 Å². The molecular formula is C16H17ClN2. The van der Waals surface area contributed by atoms with Gasteiger partial charge in [0.1, 0.15) is 0 Å². The predicted molar refractivity (Wildman–Crippen MR) is 79.8 cm³/mol. The average Bonchev–Trinajstić information content (AvgIpc) is 2.35. The van der Waals surface area contributed by atoms with E-state index in [1.165, 1.54) is 5.56 Å². The van der Waals surface area contributed by atoms with E-state index in [2.05, 4.69) is 28.5 Å². The van der Waals surface area contributed by atoms with Crippen molar-refractivity contribution in [3.05, 3.63) is 58.9 Å². The summed E-state index contributed by atoms with van der Waals surface area (Å²) in [6, 6.07) is 12.8. The summed E-state index contributed by atoms with van der Waals surface area (Å²) in [6.45, 7) is 2.04. The Hall–Kier alpha value is -1.54. The lowest BCUT2D eigenvalue weighted by Crippen LogP contribution is -2.34. The molecule has 1 aliphatic carbocycles. The third-order valence-electron chi connectivity index (χ3n) is 3.82. The fourth-order valence-corrected chi connectivity index (χ4v) is 2.82. The first kappa shape index (κ1) is 12.5. The fraction of sp³-hybridized carbons (Fsp3) is 0.312. The number of anilines is 1. The lowest BCUT2D eigenvalue weighted by Gasteiger charge is -2.37. The second-order valence-corrected chi connectivity index (χ2v) is 5.64. The molecule has 1 fully saturated rings. The fourth-order valence-electron chi connectivity index (χ4n) is 2.63. The molecule has 2 nitrogen and oxygen atoms in total. The second-order valence-electron chi connectivity index (χ2n) is 5.20. The van der Waals surface area contributed by atoms with Gasteiger partial charge in [-0.25, -0.2) is 0 Å². The van der Waals surface area contributed by atoms with E-state index in [1.54, 1.807) is 0 Å². The highest BCUT2D eigenvalue weighted by Crippen LogP contribution is 2.39. The quantitative estimate of drug-likeness (QED) is 0.896. The summed E-state index contributed by atoms with van der Waals surface area (Å²) in [4.78, 5) is 4.30. The van der Waals surface area contributed by atoms with Gasteiger partial charge in [-0.15, -0.1) is 0 Å². The molecule has 0 saturated heterocycles. The maximum atomic E-state index is 6.03. The number of nitrogens with zero attached hydrogens (tertiary/aromatic N) is 1. The molecular weight excluding hydrogens is 256 g/mol. The number of benzene rings is 1. The highest BCUT2D eigenvalue weighted by molar-refractivity contribution is 6.30. The molecule has 0 spiro atoms. The van der Waals surface area contributed by atoms with Gasteiger partial charge in [0.25, 0.3) is 0 Å². The molecule has 3 heteroatoms. The van der Waals surface area contributed by atoms with E-state index in [0.29, 0.717) is 12.0 Å². The van der Waals surface area contributed by atoms with Gasteiger partial charge in [0.05, 0.1) is 11.4 Å². The van der Waals surface area contributed by atoms with Crippen LogP contribution in [0.1, 0.15) is 30.0 Å². The first-order chi connectivity index (χ1) is 9.22. The number of aromatic nitrogens is 1. The van der Waals surface area contributed by atoms with Crippen LogP contribution in [0.4, 0.5) is 5.69 Å². The Morgan fingerprint density at radius 3 is 2.79 bits per heavy atom. The molecule has 1 aromatic carbocycles. The Labute approximate surface area is 118 Å². The maximum absolute atomic E-state index is 6.03. The molecule has 1 aliphatic rings. The van der Waals surface area contributed by atoms with E-state index in [-0.39, 0.29) is 0 Å². The molecule has 0 unspecified atom stereocenters. The number of rotatable bonds is 3. The zero-order valence-electron chi connectivity index (χ0n) is 10.9. The van der Waals surface area contributed by atoms with Crippen LogP contribution in [0.15, 0.2) is 42.6 Å². The van der Waals surface area contributed by atoms with E-state index in [0.717, 1.165) is 29.2 Å². The third kappa shape index (κ3) is 2.74. The van der Waals surface area contributed by atoms with Crippen molar-refractivity contribution in [2.75, 3.05) is 5.32 Å². The van der Waals surface area contributed by atoms with Gasteiger partial charge in [0, 0.05) is 17.3 Å². The summed E-state index contributed by atoms with van der Waals surface area (Å²) in [5, 5.41) is 4.40. The van der Waals surface area contributed by atoms with E-state index < -0.39 is 0 Å². The van der Waals surface area contributed by atoms with Gasteiger partial charge in [-0.2, -0.15) is 0 Å². The largest absolute Gasteiger partial charge is 0.381 e. The Balaban J connectivity index is 1.60. The normalized spacial score (nSPS) is 21.8. The van der Waals surface area contributed by atoms with Crippen molar-refractivity contribution >= 4 is 17.3 Å². The molecule has 0 aliphatic heterocycles. The summed E-state index contributed by atoms with van der Waals surface area (Å²) in [5.74, 6) is 0.633. The van der Waals surface area contributed by atoms with Crippen molar-refractivity contribution in [2.45, 2.75) is 31.7 Å². The van der Waals surface area contributed by atoms with Crippen LogP contribution >= 0.6 is 11.6 Å². The van der Waals surface area contributed by atoms with Gasteiger partial charge in [-0.1, -0.05) is 23.7 Å². The van der Waals surface area contributed by atoms with Crippen LogP contribution in [-0.2, 0) is 0 Å². The Kier molecular flexibility index (Phi) is 3.43. The van der Waals surface area contributed by atoms with Gasteiger partial charge in [-0.3, -0.25) is 4.98 Å². The van der Waals surface area contributed by atoms with Crippen LogP contribution in [-0.4, -0.2) is 11.0 Å². The zero-order valence-corrected chi connectivity index (χ0v) is 11.7. The Morgan fingerprint density at radius 1 is 1.21 bits per heavy atom. The lowest BCUT2D eigenvalue weighted by molar-refractivity contribution is 0.374. The number of halogens is 1. The molecule has 19 heavy (non-hydrogen) atoms. The van der Waals surface area contributed by atoms with E-state index in [9.17, 15) is 0 Å². The van der Waals surface area contributed by atoms with Crippen molar-refractivity contribution in [3.63, 3.8) is 0 Å². The van der Waals surface area contributed by atoms with Gasteiger partial charge in [0.15, 0.2) is 0 Å². The minimum absolute atomic E-state index is 0.548. The average molecular weight is 273 g/mol. The van der Waals surface area contributed by atoms with Gasteiger partial charge in [0.2, 0.25) is 0 Å². The summed E-state index contributed by atoms with van der Waals surface area (Å²) in [5.41, 5.74) is 3.57. The Morgan fingerprint density at radius 2 is 2.05 bits per heavy atom. The third-order valence-corrected chi connectivity index (χ3v) is 4.06. The van der Waals surface area contributed by atoms with Crippen LogP contribution in [0.25, 0.3) is 0 Å². The molecule has 1 aromatic heterocycles. The highest BCUT2D eigenvalue weighted by Gasteiger charge is 2.30. The van der Waals surface area contributed by atoms with Crippen LogP contribution in [0, 0.1) is 6.92 Å². The monoisotopic (exact) mass is 272 g/mol. The Bertz CT molecular complexity index is 576. The summed E-state index contributed by atoms with van der Waals surface area (Å²) in [6.07, 6.45) is 4.15. The SMILES string of the molecule is Cc1ncccc1NC1CC(c2cccc(Cl)c2)C1. The van der Waals surface area contributed by atoms with Crippen molar-refractivity contribution in [1.82, 2.24) is 4.98 Å². The molecule has 3 rings (SSSR count). The van der Waals surface area contributed by atoms with Crippen LogP contribution < -0.4 is 5.32 Å². The summed E-state index contributed by atoms with van der Waals surface area (Å²) >= 11 is 6.03. The minimum atomic E-state index is 0.548. The van der Waals surface area contributed by atoms with Gasteiger partial charge >= 0.3 is 0 Å². The van der Waals surface area contributed by atoms with Gasteiger partial charge in [-0.05, 0) is 55.5 Å². The topological polar surface area (TPSA) is 24.9 Å². The molecule has 1 N–H and O–H groups in total. The highest BCUT2D eigenvalue weighted by atomic mass is 35.5. The van der Waals surface area contributed by atoms with Crippen LogP contribution in [0.5, 0.6) is 0 Å². The molecule has 2 aromatic rings. The zero-order chi connectivity index (χ0) is 13.2. The number of nitrogens with one attached hydrogen (secondary N) is 1.